The van der Waals surface area contributed by atoms with Gasteiger partial charge < -0.3 is 19.3 Å². The van der Waals surface area contributed by atoms with Crippen molar-refractivity contribution in [1.82, 2.24) is 0 Å². The van der Waals surface area contributed by atoms with Crippen LogP contribution in [0.25, 0.3) is 0 Å². The molecule has 0 heterocycles. The third kappa shape index (κ3) is 5.21. The monoisotopic (exact) mass is 380 g/mol. The molecule has 0 spiro atoms. The van der Waals surface area contributed by atoms with E-state index in [2.05, 4.69) is 0 Å². The Morgan fingerprint density at radius 3 is 2.27 bits per heavy atom. The van der Waals surface area contributed by atoms with Crippen LogP contribution in [0.2, 0.25) is 0 Å². The zero-order valence-corrected chi connectivity index (χ0v) is 15.4. The number of hydrogen-bond donors (Lipinski definition) is 1. The number of aromatic carboxylic acids is 1. The molecule has 0 radical (unpaired) electrons. The lowest BCUT2D eigenvalue weighted by atomic mass is 10.2. The molecular formula is C18H20O7S. The highest BCUT2D eigenvalue weighted by atomic mass is 32.2. The Labute approximate surface area is 152 Å². The van der Waals surface area contributed by atoms with Crippen molar-refractivity contribution in [2.45, 2.75) is 17.9 Å². The highest BCUT2D eigenvalue weighted by Crippen LogP contribution is 2.29. The molecular weight excluding hydrogens is 360 g/mol. The third-order valence-electron chi connectivity index (χ3n) is 3.40. The predicted molar refractivity (Wildman–Crippen MR) is 95.0 cm³/mol. The SMILES string of the molecule is COC[C@H](C)Oc1ccc(Oc2ccc(S(C)(=O)=O)cc2)cc1C(=O)O. The van der Waals surface area contributed by atoms with Gasteiger partial charge in [0.25, 0.3) is 0 Å². The molecule has 0 amide bonds. The van der Waals surface area contributed by atoms with E-state index in [0.29, 0.717) is 18.1 Å². The second-order valence-electron chi connectivity index (χ2n) is 5.69. The zero-order valence-electron chi connectivity index (χ0n) is 14.6. The number of benzene rings is 2. The fraction of sp³-hybridized carbons (Fsp3) is 0.278. The molecule has 2 rings (SSSR count). The number of hydrogen-bond acceptors (Lipinski definition) is 6. The minimum Gasteiger partial charge on any atom is -0.487 e. The molecule has 0 fully saturated rings. The number of ether oxygens (including phenoxy) is 3. The first-order chi connectivity index (χ1) is 12.2. The van der Waals surface area contributed by atoms with Gasteiger partial charge >= 0.3 is 5.97 Å². The van der Waals surface area contributed by atoms with E-state index in [1.807, 2.05) is 0 Å². The summed E-state index contributed by atoms with van der Waals surface area (Å²) in [5, 5.41) is 9.39. The van der Waals surface area contributed by atoms with Crippen LogP contribution in [0.1, 0.15) is 17.3 Å². The molecule has 0 saturated heterocycles. The van der Waals surface area contributed by atoms with E-state index < -0.39 is 15.8 Å². The van der Waals surface area contributed by atoms with E-state index in [9.17, 15) is 18.3 Å². The molecule has 26 heavy (non-hydrogen) atoms. The normalized spacial score (nSPS) is 12.4. The van der Waals surface area contributed by atoms with Gasteiger partial charge in [-0.1, -0.05) is 0 Å². The van der Waals surface area contributed by atoms with Crippen LogP contribution in [0.4, 0.5) is 0 Å². The van der Waals surface area contributed by atoms with Crippen molar-refractivity contribution >= 4 is 15.8 Å². The summed E-state index contributed by atoms with van der Waals surface area (Å²) in [5.74, 6) is -0.263. The van der Waals surface area contributed by atoms with Gasteiger partial charge in [0.15, 0.2) is 9.84 Å². The first kappa shape index (κ1) is 19.7. The summed E-state index contributed by atoms with van der Waals surface area (Å²) in [6.07, 6.45) is 0.805. The van der Waals surface area contributed by atoms with Crippen molar-refractivity contribution in [3.63, 3.8) is 0 Å². The summed E-state index contributed by atoms with van der Waals surface area (Å²) in [6.45, 7) is 2.09. The molecule has 0 aromatic heterocycles. The lowest BCUT2D eigenvalue weighted by molar-refractivity contribution is 0.0673. The van der Waals surface area contributed by atoms with Crippen molar-refractivity contribution in [2.75, 3.05) is 20.0 Å². The quantitative estimate of drug-likeness (QED) is 0.751. The van der Waals surface area contributed by atoms with E-state index >= 15 is 0 Å². The van der Waals surface area contributed by atoms with Gasteiger partial charge in [0, 0.05) is 13.4 Å². The second-order valence-corrected chi connectivity index (χ2v) is 7.71. The molecule has 0 saturated carbocycles. The van der Waals surface area contributed by atoms with E-state index in [1.54, 1.807) is 13.0 Å². The first-order valence-electron chi connectivity index (χ1n) is 7.71. The van der Waals surface area contributed by atoms with E-state index in [4.69, 9.17) is 14.2 Å². The van der Waals surface area contributed by atoms with Gasteiger partial charge in [0.2, 0.25) is 0 Å². The van der Waals surface area contributed by atoms with Crippen molar-refractivity contribution < 1.29 is 32.5 Å². The largest absolute Gasteiger partial charge is 0.487 e. The summed E-state index contributed by atoms with van der Waals surface area (Å²) < 4.78 is 39.1. The molecule has 0 aliphatic heterocycles. The van der Waals surface area contributed by atoms with Crippen LogP contribution in [0.5, 0.6) is 17.2 Å². The van der Waals surface area contributed by atoms with Crippen molar-refractivity contribution in [3.8, 4) is 17.2 Å². The summed E-state index contributed by atoms with van der Waals surface area (Å²) in [4.78, 5) is 11.7. The van der Waals surface area contributed by atoms with E-state index in [1.165, 1.54) is 43.5 Å². The maximum atomic E-state index is 11.5. The summed E-state index contributed by atoms with van der Waals surface area (Å²) in [5.41, 5.74) is -0.0433. The maximum Gasteiger partial charge on any atom is 0.339 e. The molecule has 0 bridgehead atoms. The highest BCUT2D eigenvalue weighted by Gasteiger charge is 2.16. The van der Waals surface area contributed by atoms with E-state index in [-0.39, 0.29) is 22.3 Å². The number of methoxy groups -OCH3 is 1. The third-order valence-corrected chi connectivity index (χ3v) is 4.53. The van der Waals surface area contributed by atoms with Crippen LogP contribution in [0, 0.1) is 0 Å². The van der Waals surface area contributed by atoms with Crippen LogP contribution in [0.15, 0.2) is 47.4 Å². The lowest BCUT2D eigenvalue weighted by Crippen LogP contribution is -2.19. The fourth-order valence-corrected chi connectivity index (χ4v) is 2.85. The maximum absolute atomic E-state index is 11.5. The van der Waals surface area contributed by atoms with Crippen molar-refractivity contribution in [1.29, 1.82) is 0 Å². The molecule has 2 aromatic rings. The molecule has 2 aromatic carbocycles. The lowest BCUT2D eigenvalue weighted by Gasteiger charge is -2.16. The van der Waals surface area contributed by atoms with Gasteiger partial charge in [-0.05, 0) is 49.4 Å². The Morgan fingerprint density at radius 1 is 1.12 bits per heavy atom. The average molecular weight is 380 g/mol. The van der Waals surface area contributed by atoms with Crippen LogP contribution in [-0.4, -0.2) is 45.6 Å². The summed E-state index contributed by atoms with van der Waals surface area (Å²) in [6, 6.07) is 10.3. The Kier molecular flexibility index (Phi) is 6.23. The van der Waals surface area contributed by atoms with Gasteiger partial charge in [0.1, 0.15) is 28.9 Å². The zero-order chi connectivity index (χ0) is 19.3. The topological polar surface area (TPSA) is 99.1 Å². The highest BCUT2D eigenvalue weighted by molar-refractivity contribution is 7.90. The molecule has 8 heteroatoms. The van der Waals surface area contributed by atoms with Crippen LogP contribution >= 0.6 is 0 Å². The van der Waals surface area contributed by atoms with E-state index in [0.717, 1.165) is 6.26 Å². The van der Waals surface area contributed by atoms with Crippen LogP contribution < -0.4 is 9.47 Å². The summed E-state index contributed by atoms with van der Waals surface area (Å²) in [7, 11) is -1.76. The van der Waals surface area contributed by atoms with Gasteiger partial charge in [0.05, 0.1) is 11.5 Å². The van der Waals surface area contributed by atoms with Gasteiger partial charge in [-0.3, -0.25) is 0 Å². The van der Waals surface area contributed by atoms with Gasteiger partial charge in [-0.15, -0.1) is 0 Å². The first-order valence-corrected chi connectivity index (χ1v) is 9.60. The van der Waals surface area contributed by atoms with Crippen molar-refractivity contribution in [2.24, 2.45) is 0 Å². The molecule has 140 valence electrons. The number of rotatable bonds is 8. The second kappa shape index (κ2) is 8.20. The number of carboxylic acids is 1. The molecule has 0 unspecified atom stereocenters. The number of carbonyl (C=O) groups is 1. The van der Waals surface area contributed by atoms with Crippen molar-refractivity contribution in [3.05, 3.63) is 48.0 Å². The Morgan fingerprint density at radius 2 is 1.73 bits per heavy atom. The van der Waals surface area contributed by atoms with Gasteiger partial charge in [-0.25, -0.2) is 13.2 Å². The minimum absolute atomic E-state index is 0.0433. The fourth-order valence-electron chi connectivity index (χ4n) is 2.22. The number of carboxylic acid groups (broad SMARTS) is 1. The smallest absolute Gasteiger partial charge is 0.339 e. The molecule has 0 aliphatic rings. The molecule has 0 aliphatic carbocycles. The number of sulfone groups is 1. The molecule has 1 atom stereocenters. The van der Waals surface area contributed by atoms with Gasteiger partial charge in [-0.2, -0.15) is 0 Å². The summed E-state index contributed by atoms with van der Waals surface area (Å²) >= 11 is 0. The standard InChI is InChI=1S/C18H20O7S/c1-12(11-23-2)24-17-9-6-14(10-16(17)18(19)20)25-13-4-7-15(8-5-13)26(3,21)22/h4-10,12H,11H2,1-3H3,(H,19,20)/t12-/m0/s1. The predicted octanol–water partition coefficient (Wildman–Crippen LogP) is 2.99. The minimum atomic E-state index is -3.29. The Balaban J connectivity index is 2.22. The van der Waals surface area contributed by atoms with Crippen LogP contribution in [0.3, 0.4) is 0 Å². The Bertz CT molecular complexity index is 873. The Hall–Kier alpha value is -2.58. The van der Waals surface area contributed by atoms with Crippen LogP contribution in [-0.2, 0) is 14.6 Å². The average Bonchev–Trinajstić information content (AvgIpc) is 2.56. The molecule has 1 N–H and O–H groups in total. The molecule has 7 nitrogen and oxygen atoms in total.